The van der Waals surface area contributed by atoms with E-state index in [0.29, 0.717) is 31.7 Å². The Morgan fingerprint density at radius 3 is 1.74 bits per heavy atom. The van der Waals surface area contributed by atoms with E-state index >= 15 is 4.39 Å². The molecule has 3 N–H and O–H groups in total. The van der Waals surface area contributed by atoms with Crippen LogP contribution in [0, 0.1) is 22.7 Å². The number of ketones is 2. The Morgan fingerprint density at radius 2 is 1.21 bits per heavy atom. The van der Waals surface area contributed by atoms with Crippen LogP contribution in [0.25, 0.3) is 0 Å². The van der Waals surface area contributed by atoms with Gasteiger partial charge in [0.2, 0.25) is 0 Å². The average Bonchev–Trinajstić information content (AvgIpc) is 3.74. The molecule has 404 valence electrons. The number of halogens is 1. The second-order valence-electron chi connectivity index (χ2n) is 24.1. The SMILES string of the molecule is CCCCCCCCCCCCCCCC(CCCCCCCCCCCCCCC)NCCCCCC(O)OCC(=O)C12OC(C)(C)OC1CC1C3CCC4=CC(=O)C=CC4(C)C3(F)C(O)CC12C. The van der Waals surface area contributed by atoms with Crippen LogP contribution in [0.15, 0.2) is 23.8 Å². The first-order valence-electron chi connectivity index (χ1n) is 29.9. The highest BCUT2D eigenvalue weighted by molar-refractivity contribution is 6.01. The standard InChI is InChI=1S/C61H106FNO7/c1-7-9-11-13-15-17-19-21-23-25-27-29-32-36-49(37-33-30-28-26-24-22-20-18-16-14-12-10-8-2)63-43-35-31-34-38-56(67)68-47-54(66)61-55(69-57(3,4)70-61)45-52-51-40-39-48-44-50(64)41-42-58(48,5)60(51,62)53(65)46-59(52,61)6/h41-42,44,49,51-53,55-56,63,65,67H,7-40,43,45-47H2,1-6H3. The molecule has 9 heteroatoms. The Balaban J connectivity index is 1.02. The van der Waals surface area contributed by atoms with Gasteiger partial charge in [-0.15, -0.1) is 0 Å². The molecule has 9 unspecified atom stereocenters. The summed E-state index contributed by atoms with van der Waals surface area (Å²) in [6.45, 7) is 12.6. The van der Waals surface area contributed by atoms with Gasteiger partial charge in [0, 0.05) is 22.8 Å². The molecule has 0 aromatic heterocycles. The number of carbonyl (C=O) groups is 2. The van der Waals surface area contributed by atoms with Crippen molar-refractivity contribution >= 4 is 11.6 Å². The van der Waals surface area contributed by atoms with E-state index in [1.54, 1.807) is 32.9 Å². The Bertz CT molecular complexity index is 1570. The van der Waals surface area contributed by atoms with E-state index in [-0.39, 0.29) is 30.5 Å². The second kappa shape index (κ2) is 29.6. The van der Waals surface area contributed by atoms with Crippen LogP contribution in [0.2, 0.25) is 0 Å². The molecule has 1 aliphatic heterocycles. The van der Waals surface area contributed by atoms with E-state index < -0.39 is 52.3 Å². The predicted octanol–water partition coefficient (Wildman–Crippen LogP) is 15.2. The van der Waals surface area contributed by atoms with Gasteiger partial charge in [-0.05, 0) is 103 Å². The van der Waals surface area contributed by atoms with Crippen molar-refractivity contribution in [1.29, 1.82) is 0 Å². The smallest absolute Gasteiger partial charge is 0.193 e. The van der Waals surface area contributed by atoms with E-state index in [2.05, 4.69) is 19.2 Å². The van der Waals surface area contributed by atoms with Crippen LogP contribution < -0.4 is 5.32 Å². The van der Waals surface area contributed by atoms with Gasteiger partial charge in [0.1, 0.15) is 6.61 Å². The Kier molecular flexibility index (Phi) is 25.1. The third-order valence-corrected chi connectivity index (χ3v) is 18.3. The van der Waals surface area contributed by atoms with Gasteiger partial charge in [-0.2, -0.15) is 0 Å². The number of rotatable bonds is 39. The number of nitrogens with one attached hydrogen (secondary N) is 1. The number of carbonyl (C=O) groups excluding carboxylic acids is 2. The number of hydrogen-bond donors (Lipinski definition) is 3. The van der Waals surface area contributed by atoms with Gasteiger partial charge in [0.25, 0.3) is 0 Å². The molecule has 3 saturated carbocycles. The molecule has 5 aliphatic rings. The maximum Gasteiger partial charge on any atom is 0.193 e. The summed E-state index contributed by atoms with van der Waals surface area (Å²) in [4.78, 5) is 26.9. The van der Waals surface area contributed by atoms with Crippen molar-refractivity contribution in [3.05, 3.63) is 23.8 Å². The molecule has 9 atom stereocenters. The predicted molar refractivity (Wildman–Crippen MR) is 284 cm³/mol. The summed E-state index contributed by atoms with van der Waals surface area (Å²) in [7, 11) is 0. The zero-order valence-electron chi connectivity index (χ0n) is 45.9. The van der Waals surface area contributed by atoms with Gasteiger partial charge in [0.15, 0.2) is 34.9 Å². The summed E-state index contributed by atoms with van der Waals surface area (Å²) in [6, 6.07) is 0.573. The molecule has 0 aromatic rings. The minimum absolute atomic E-state index is 0.00719. The molecular formula is C61H106FNO7. The number of Topliss-reactive ketones (excluding diaryl/α,β-unsaturated/α-hetero) is 1. The van der Waals surface area contributed by atoms with Crippen molar-refractivity contribution in [1.82, 2.24) is 5.32 Å². The molecule has 1 heterocycles. The number of alkyl halides is 1. The van der Waals surface area contributed by atoms with Crippen LogP contribution >= 0.6 is 0 Å². The first kappa shape index (κ1) is 59.4. The highest BCUT2D eigenvalue weighted by atomic mass is 19.1. The second-order valence-corrected chi connectivity index (χ2v) is 24.1. The number of aliphatic hydroxyl groups excluding tert-OH is 2. The van der Waals surface area contributed by atoms with Crippen molar-refractivity contribution in [3.63, 3.8) is 0 Å². The average molecular weight is 985 g/mol. The van der Waals surface area contributed by atoms with Gasteiger partial charge in [-0.25, -0.2) is 4.39 Å². The molecule has 70 heavy (non-hydrogen) atoms. The fourth-order valence-corrected chi connectivity index (χ4v) is 14.3. The molecule has 8 nitrogen and oxygen atoms in total. The molecule has 0 aromatic carbocycles. The molecule has 0 radical (unpaired) electrons. The molecule has 4 fully saturated rings. The summed E-state index contributed by atoms with van der Waals surface area (Å²) >= 11 is 0. The molecule has 0 bridgehead atoms. The van der Waals surface area contributed by atoms with Crippen LogP contribution in [0.3, 0.4) is 0 Å². The largest absolute Gasteiger partial charge is 0.390 e. The maximum atomic E-state index is 17.8. The zero-order chi connectivity index (χ0) is 50.5. The van der Waals surface area contributed by atoms with Crippen molar-refractivity contribution in [2.45, 2.75) is 314 Å². The van der Waals surface area contributed by atoms with E-state index in [0.717, 1.165) is 31.4 Å². The van der Waals surface area contributed by atoms with Crippen molar-refractivity contribution in [2.24, 2.45) is 22.7 Å². The molecular weight excluding hydrogens is 878 g/mol. The number of fused-ring (bicyclic) bond motifs is 7. The lowest BCUT2D eigenvalue weighted by Crippen LogP contribution is -2.70. The Morgan fingerprint density at radius 1 is 0.729 bits per heavy atom. The van der Waals surface area contributed by atoms with Crippen LogP contribution in [0.5, 0.6) is 0 Å². The summed E-state index contributed by atoms with van der Waals surface area (Å²) in [5.74, 6) is -2.41. The number of ether oxygens (including phenoxy) is 3. The summed E-state index contributed by atoms with van der Waals surface area (Å²) in [5.41, 5.74) is -4.81. The molecule has 0 spiro atoms. The third kappa shape index (κ3) is 15.5. The van der Waals surface area contributed by atoms with Crippen molar-refractivity contribution in [2.75, 3.05) is 13.2 Å². The van der Waals surface area contributed by atoms with Gasteiger partial charge in [-0.3, -0.25) is 9.59 Å². The molecule has 0 amide bonds. The molecule has 1 saturated heterocycles. The van der Waals surface area contributed by atoms with Gasteiger partial charge < -0.3 is 29.7 Å². The van der Waals surface area contributed by atoms with Crippen LogP contribution in [-0.4, -0.2) is 76.5 Å². The number of aliphatic hydroxyl groups is 2. The van der Waals surface area contributed by atoms with Gasteiger partial charge in [-0.1, -0.05) is 206 Å². The van der Waals surface area contributed by atoms with Gasteiger partial charge in [0.05, 0.1) is 12.2 Å². The summed E-state index contributed by atoms with van der Waals surface area (Å²) in [6.07, 6.45) is 44.7. The number of unbranched alkanes of at least 4 members (excludes halogenated alkanes) is 26. The number of hydrogen-bond acceptors (Lipinski definition) is 8. The van der Waals surface area contributed by atoms with E-state index in [4.69, 9.17) is 14.2 Å². The lowest BCUT2D eigenvalue weighted by molar-refractivity contribution is -0.247. The van der Waals surface area contributed by atoms with Crippen LogP contribution in [0.4, 0.5) is 4.39 Å². The third-order valence-electron chi connectivity index (χ3n) is 18.3. The maximum absolute atomic E-state index is 17.8. The monoisotopic (exact) mass is 984 g/mol. The first-order valence-corrected chi connectivity index (χ1v) is 29.9. The van der Waals surface area contributed by atoms with Crippen LogP contribution in [-0.2, 0) is 23.8 Å². The van der Waals surface area contributed by atoms with Crippen molar-refractivity contribution in [3.8, 4) is 0 Å². The van der Waals surface area contributed by atoms with E-state index in [1.807, 2.05) is 6.92 Å². The fraction of sp³-hybridized carbons (Fsp3) is 0.902. The normalized spacial score (nSPS) is 30.3. The van der Waals surface area contributed by atoms with E-state index in [9.17, 15) is 19.8 Å². The first-order chi connectivity index (χ1) is 33.7. The Labute approximate surface area is 427 Å². The van der Waals surface area contributed by atoms with Gasteiger partial charge >= 0.3 is 0 Å². The summed E-state index contributed by atoms with van der Waals surface area (Å²) < 4.78 is 36.9. The minimum atomic E-state index is -2.02. The topological polar surface area (TPSA) is 114 Å². The number of allylic oxidation sites excluding steroid dienone is 4. The quantitative estimate of drug-likeness (QED) is 0.0412. The fourth-order valence-electron chi connectivity index (χ4n) is 14.3. The Hall–Kier alpha value is -1.49. The zero-order valence-corrected chi connectivity index (χ0v) is 45.9. The molecule has 4 aliphatic carbocycles. The van der Waals surface area contributed by atoms with Crippen LogP contribution in [0.1, 0.15) is 273 Å². The highest BCUT2D eigenvalue weighted by Gasteiger charge is 2.80. The van der Waals surface area contributed by atoms with E-state index in [1.165, 1.54) is 186 Å². The lowest BCUT2D eigenvalue weighted by atomic mass is 9.44. The lowest BCUT2D eigenvalue weighted by Gasteiger charge is -2.62. The summed E-state index contributed by atoms with van der Waals surface area (Å²) in [5, 5.41) is 26.9. The highest BCUT2D eigenvalue weighted by Crippen LogP contribution is 2.72. The minimum Gasteiger partial charge on any atom is -0.390 e. The van der Waals surface area contributed by atoms with Crippen molar-refractivity contribution < 1.29 is 38.4 Å². The molecule has 5 rings (SSSR count).